The first-order chi connectivity index (χ1) is 20.7. The van der Waals surface area contributed by atoms with Gasteiger partial charge in [-0.2, -0.15) is 9.57 Å². The number of aryl methyl sites for hydroxylation is 1. The van der Waals surface area contributed by atoms with Gasteiger partial charge in [-0.15, -0.1) is 0 Å². The van der Waals surface area contributed by atoms with E-state index in [2.05, 4.69) is 21.2 Å². The van der Waals surface area contributed by atoms with E-state index in [1.807, 2.05) is 55.5 Å². The van der Waals surface area contributed by atoms with E-state index in [4.69, 9.17) is 0 Å². The van der Waals surface area contributed by atoms with E-state index in [0.29, 0.717) is 18.4 Å². The summed E-state index contributed by atoms with van der Waals surface area (Å²) in [5.41, 5.74) is 4.28. The maximum Gasteiger partial charge on any atom is 0.326 e. The highest BCUT2D eigenvalue weighted by Crippen LogP contribution is 2.27. The largest absolute Gasteiger partial charge is 0.480 e. The Bertz CT molecular complexity index is 1610. The molecule has 5 rings (SSSR count). The molecule has 0 unspecified atom stereocenters. The molecule has 0 saturated carbocycles. The second-order valence-electron chi connectivity index (χ2n) is 11.0. The van der Waals surface area contributed by atoms with E-state index in [1.54, 1.807) is 12.1 Å². The highest BCUT2D eigenvalue weighted by molar-refractivity contribution is 7.89. The average Bonchev–Trinajstić information content (AvgIpc) is 3.53. The number of nitrogens with one attached hydrogen (secondary N) is 1. The molecule has 2 fully saturated rings. The molecule has 2 saturated heterocycles. The van der Waals surface area contributed by atoms with Crippen LogP contribution in [0.15, 0.2) is 77.7 Å². The van der Waals surface area contributed by atoms with Crippen molar-refractivity contribution >= 4 is 33.3 Å². The fourth-order valence-corrected chi connectivity index (χ4v) is 7.39. The van der Waals surface area contributed by atoms with Crippen molar-refractivity contribution < 1.29 is 23.1 Å². The molecule has 3 aromatic carbocycles. The van der Waals surface area contributed by atoms with Gasteiger partial charge in [-0.1, -0.05) is 42.0 Å². The molecular weight excluding hydrogens is 566 g/mol. The van der Waals surface area contributed by atoms with Gasteiger partial charge in [-0.05, 0) is 61.7 Å². The summed E-state index contributed by atoms with van der Waals surface area (Å²) in [6, 6.07) is 21.8. The van der Waals surface area contributed by atoms with Gasteiger partial charge in [0, 0.05) is 44.8 Å². The summed E-state index contributed by atoms with van der Waals surface area (Å²) in [6.07, 6.45) is 0.909. The number of amides is 1. The number of sulfonamides is 1. The second kappa shape index (κ2) is 12.9. The predicted octanol–water partition coefficient (Wildman–Crippen LogP) is 3.16. The molecule has 10 nitrogen and oxygen atoms in total. The van der Waals surface area contributed by atoms with Crippen LogP contribution in [0.4, 0.5) is 11.4 Å². The van der Waals surface area contributed by atoms with Crippen LogP contribution in [0.5, 0.6) is 0 Å². The summed E-state index contributed by atoms with van der Waals surface area (Å²) in [4.78, 5) is 29.9. The molecule has 2 aliphatic heterocycles. The maximum atomic E-state index is 13.3. The van der Waals surface area contributed by atoms with Gasteiger partial charge < -0.3 is 20.2 Å². The molecule has 2 aliphatic rings. The number of carbonyl (C=O) groups excluding carboxylic acids is 1. The van der Waals surface area contributed by atoms with Gasteiger partial charge in [0.2, 0.25) is 15.9 Å². The van der Waals surface area contributed by atoms with Gasteiger partial charge in [0.15, 0.2) is 0 Å². The minimum absolute atomic E-state index is 0.0670. The third-order valence-electron chi connectivity index (χ3n) is 8.13. The highest BCUT2D eigenvalue weighted by atomic mass is 32.2. The minimum atomic E-state index is -3.90. The van der Waals surface area contributed by atoms with Crippen LogP contribution in [0.2, 0.25) is 0 Å². The number of para-hydroxylation sites is 1. The number of benzene rings is 3. The topological polar surface area (TPSA) is 134 Å². The molecular formula is C32H35N5O5S. The zero-order valence-corrected chi connectivity index (χ0v) is 24.8. The zero-order valence-electron chi connectivity index (χ0n) is 24.0. The molecule has 11 heteroatoms. The van der Waals surface area contributed by atoms with E-state index in [-0.39, 0.29) is 17.9 Å². The van der Waals surface area contributed by atoms with Gasteiger partial charge >= 0.3 is 5.97 Å². The SMILES string of the molecule is Cc1ccc(S(=O)(=O)N2CCC[C@H]2C(=O)N[C@@H](Cc2ccc(N3CCN(c4ccccc4C#N)CC3)cc2)C(=O)O)cc1. The lowest BCUT2D eigenvalue weighted by atomic mass is 10.0. The second-order valence-corrected chi connectivity index (χ2v) is 12.9. The quantitative estimate of drug-likeness (QED) is 0.382. The predicted molar refractivity (Wildman–Crippen MR) is 163 cm³/mol. The number of nitrogens with zero attached hydrogens (tertiary/aromatic N) is 4. The third-order valence-corrected chi connectivity index (χ3v) is 10.1. The van der Waals surface area contributed by atoms with Crippen molar-refractivity contribution in [2.24, 2.45) is 0 Å². The Morgan fingerprint density at radius 3 is 2.26 bits per heavy atom. The number of rotatable bonds is 9. The number of hydrogen-bond acceptors (Lipinski definition) is 7. The molecule has 43 heavy (non-hydrogen) atoms. The number of carbonyl (C=O) groups is 2. The highest BCUT2D eigenvalue weighted by Gasteiger charge is 2.40. The van der Waals surface area contributed by atoms with Crippen LogP contribution in [-0.2, 0) is 26.0 Å². The smallest absolute Gasteiger partial charge is 0.326 e. The van der Waals surface area contributed by atoms with E-state index >= 15 is 0 Å². The lowest BCUT2D eigenvalue weighted by Gasteiger charge is -2.37. The van der Waals surface area contributed by atoms with Crippen molar-refractivity contribution in [3.63, 3.8) is 0 Å². The number of carboxylic acids is 1. The van der Waals surface area contributed by atoms with Crippen molar-refractivity contribution in [3.8, 4) is 6.07 Å². The molecule has 2 N–H and O–H groups in total. The standard InChI is InChI=1S/C32H35N5O5S/c1-23-8-14-27(15-9-23)43(41,42)37-16-4-7-30(37)31(38)34-28(32(39)40)21-24-10-12-26(13-11-24)35-17-19-36(20-18-35)29-6-3-2-5-25(29)22-33/h2-3,5-6,8-15,28,30H,4,7,16-21H2,1H3,(H,34,38)(H,39,40)/t28-,30-/m0/s1. The minimum Gasteiger partial charge on any atom is -0.480 e. The molecule has 0 spiro atoms. The first kappa shape index (κ1) is 30.1. The van der Waals surface area contributed by atoms with Crippen LogP contribution >= 0.6 is 0 Å². The van der Waals surface area contributed by atoms with Crippen molar-refractivity contribution in [1.29, 1.82) is 5.26 Å². The Balaban J connectivity index is 1.20. The van der Waals surface area contributed by atoms with Crippen molar-refractivity contribution in [2.75, 3.05) is 42.5 Å². The van der Waals surface area contributed by atoms with Crippen molar-refractivity contribution in [1.82, 2.24) is 9.62 Å². The van der Waals surface area contributed by atoms with Crippen molar-refractivity contribution in [2.45, 2.75) is 43.2 Å². The normalized spacial score (nSPS) is 18.2. The molecule has 224 valence electrons. The Kier molecular flexibility index (Phi) is 8.99. The summed E-state index contributed by atoms with van der Waals surface area (Å²) in [6.45, 7) is 5.15. The van der Waals surface area contributed by atoms with Crippen LogP contribution in [-0.4, -0.2) is 74.5 Å². The number of anilines is 2. The van der Waals surface area contributed by atoms with E-state index in [1.165, 1.54) is 16.4 Å². The molecule has 0 aliphatic carbocycles. The molecule has 0 aromatic heterocycles. The zero-order chi connectivity index (χ0) is 30.6. The molecule has 0 bridgehead atoms. The first-order valence-electron chi connectivity index (χ1n) is 14.4. The molecule has 0 radical (unpaired) electrons. The number of aliphatic carboxylic acids is 1. The Hall–Kier alpha value is -4.40. The number of carboxylic acid groups (broad SMARTS) is 1. The summed E-state index contributed by atoms with van der Waals surface area (Å²) in [7, 11) is -3.90. The fourth-order valence-electron chi connectivity index (χ4n) is 5.73. The summed E-state index contributed by atoms with van der Waals surface area (Å²) >= 11 is 0. The Morgan fingerprint density at radius 2 is 1.60 bits per heavy atom. The van der Waals surface area contributed by atoms with Crippen LogP contribution in [0.3, 0.4) is 0 Å². The van der Waals surface area contributed by atoms with E-state index in [9.17, 15) is 28.4 Å². The number of piperazine rings is 1. The Labute approximate surface area is 252 Å². The van der Waals surface area contributed by atoms with Gasteiger partial charge in [-0.3, -0.25) is 4.79 Å². The van der Waals surface area contributed by atoms with E-state index < -0.39 is 34.0 Å². The lowest BCUT2D eigenvalue weighted by molar-refractivity contribution is -0.142. The van der Waals surface area contributed by atoms with Gasteiger partial charge in [0.05, 0.1) is 16.1 Å². The third kappa shape index (κ3) is 6.66. The molecule has 2 heterocycles. The Morgan fingerprint density at radius 1 is 0.953 bits per heavy atom. The van der Waals surface area contributed by atoms with Crippen LogP contribution < -0.4 is 15.1 Å². The van der Waals surface area contributed by atoms with Crippen LogP contribution in [0, 0.1) is 18.3 Å². The van der Waals surface area contributed by atoms with Crippen molar-refractivity contribution in [3.05, 3.63) is 89.5 Å². The monoisotopic (exact) mass is 601 g/mol. The van der Waals surface area contributed by atoms with E-state index in [0.717, 1.165) is 48.7 Å². The molecule has 2 atom stereocenters. The van der Waals surface area contributed by atoms with Gasteiger partial charge in [-0.25, -0.2) is 13.2 Å². The number of hydrogen-bond donors (Lipinski definition) is 2. The van der Waals surface area contributed by atoms with Gasteiger partial charge in [0.25, 0.3) is 0 Å². The summed E-state index contributed by atoms with van der Waals surface area (Å²) in [5.74, 6) is -1.79. The van der Waals surface area contributed by atoms with Crippen LogP contribution in [0.1, 0.15) is 29.5 Å². The summed E-state index contributed by atoms with van der Waals surface area (Å²) in [5, 5.41) is 21.9. The first-order valence-corrected chi connectivity index (χ1v) is 15.8. The van der Waals surface area contributed by atoms with Gasteiger partial charge in [0.1, 0.15) is 18.2 Å². The average molecular weight is 602 g/mol. The lowest BCUT2D eigenvalue weighted by Crippen LogP contribution is -2.51. The molecule has 1 amide bonds. The summed E-state index contributed by atoms with van der Waals surface area (Å²) < 4.78 is 27.7. The maximum absolute atomic E-state index is 13.3. The van der Waals surface area contributed by atoms with Crippen LogP contribution in [0.25, 0.3) is 0 Å². The number of nitriles is 1. The fraction of sp³-hybridized carbons (Fsp3) is 0.344. The molecule has 3 aromatic rings.